The van der Waals surface area contributed by atoms with E-state index in [1.165, 1.54) is 11.8 Å². The van der Waals surface area contributed by atoms with Gasteiger partial charge in [0.15, 0.2) is 11.0 Å². The Morgan fingerprint density at radius 2 is 2.12 bits per heavy atom. The summed E-state index contributed by atoms with van der Waals surface area (Å²) >= 11 is 3.05. The van der Waals surface area contributed by atoms with Gasteiger partial charge >= 0.3 is 0 Å². The fraction of sp³-hybridized carbons (Fsp3) is 0.458. The predicted octanol–water partition coefficient (Wildman–Crippen LogP) is 5.15. The summed E-state index contributed by atoms with van der Waals surface area (Å²) in [4.78, 5) is 16.0. The number of thioether (sulfide) groups is 1. The van der Waals surface area contributed by atoms with Crippen LogP contribution in [-0.4, -0.2) is 51.7 Å². The Morgan fingerprint density at radius 3 is 2.76 bits per heavy atom. The van der Waals surface area contributed by atoms with E-state index in [1.54, 1.807) is 11.3 Å². The van der Waals surface area contributed by atoms with Crippen molar-refractivity contribution in [1.29, 1.82) is 0 Å². The van der Waals surface area contributed by atoms with Gasteiger partial charge < -0.3 is 15.0 Å². The predicted molar refractivity (Wildman–Crippen MR) is 136 cm³/mol. The zero-order valence-electron chi connectivity index (χ0n) is 19.4. The van der Waals surface area contributed by atoms with Crippen LogP contribution in [0.15, 0.2) is 46.9 Å². The molecule has 1 amide bonds. The number of anilines is 2. The van der Waals surface area contributed by atoms with Crippen LogP contribution in [0.25, 0.3) is 10.7 Å². The summed E-state index contributed by atoms with van der Waals surface area (Å²) < 4.78 is 7.94. The second kappa shape index (κ2) is 11.2. The summed E-state index contributed by atoms with van der Waals surface area (Å²) in [7, 11) is 0. The number of carbonyl (C=O) groups excluding carboxylic acids is 1. The number of benzene rings is 1. The van der Waals surface area contributed by atoms with E-state index in [4.69, 9.17) is 4.74 Å². The minimum absolute atomic E-state index is 0.0618. The molecule has 1 atom stereocenters. The first-order valence-corrected chi connectivity index (χ1v) is 13.3. The molecule has 1 fully saturated rings. The maximum Gasteiger partial charge on any atom is 0.234 e. The first-order valence-electron chi connectivity index (χ1n) is 11.4. The lowest BCUT2D eigenvalue weighted by molar-refractivity contribution is -0.113. The van der Waals surface area contributed by atoms with Gasteiger partial charge in [0, 0.05) is 30.6 Å². The van der Waals surface area contributed by atoms with Crippen molar-refractivity contribution in [2.75, 3.05) is 29.1 Å². The van der Waals surface area contributed by atoms with Crippen LogP contribution in [-0.2, 0) is 16.1 Å². The first-order chi connectivity index (χ1) is 16.0. The number of rotatable bonds is 10. The quantitative estimate of drug-likeness (QED) is 0.400. The number of hydrogen-bond acceptors (Lipinski definition) is 7. The molecule has 0 spiro atoms. The maximum atomic E-state index is 12.6. The van der Waals surface area contributed by atoms with Gasteiger partial charge in [-0.1, -0.05) is 17.8 Å². The van der Waals surface area contributed by atoms with Crippen LogP contribution in [0.5, 0.6) is 0 Å². The van der Waals surface area contributed by atoms with Crippen molar-refractivity contribution in [2.45, 2.75) is 57.5 Å². The number of aromatic nitrogens is 3. The van der Waals surface area contributed by atoms with Gasteiger partial charge in [0.2, 0.25) is 5.91 Å². The average molecular weight is 486 g/mol. The zero-order chi connectivity index (χ0) is 23.2. The molecular formula is C24H31N5O2S2. The third kappa shape index (κ3) is 5.96. The highest BCUT2D eigenvalue weighted by molar-refractivity contribution is 7.99. The topological polar surface area (TPSA) is 72.3 Å². The van der Waals surface area contributed by atoms with E-state index in [2.05, 4.69) is 57.9 Å². The monoisotopic (exact) mass is 485 g/mol. The van der Waals surface area contributed by atoms with E-state index in [0.29, 0.717) is 12.6 Å². The molecule has 9 heteroatoms. The SMILES string of the molecule is CCN(c1ccc(NC(=O)CSc2nnc(-c3cccs3)n2CC2CCCO2)cc1)C(C)C. The summed E-state index contributed by atoms with van der Waals surface area (Å²) in [6.45, 7) is 8.96. The molecule has 1 aliphatic heterocycles. The molecule has 1 unspecified atom stereocenters. The van der Waals surface area contributed by atoms with Crippen molar-refractivity contribution in [2.24, 2.45) is 0 Å². The van der Waals surface area contributed by atoms with Crippen molar-refractivity contribution in [1.82, 2.24) is 14.8 Å². The van der Waals surface area contributed by atoms with Crippen LogP contribution < -0.4 is 10.2 Å². The molecule has 1 N–H and O–H groups in total. The largest absolute Gasteiger partial charge is 0.376 e. The summed E-state index contributed by atoms with van der Waals surface area (Å²) in [6, 6.07) is 12.5. The lowest BCUT2D eigenvalue weighted by Crippen LogP contribution is -2.30. The highest BCUT2D eigenvalue weighted by Gasteiger charge is 2.22. The third-order valence-corrected chi connectivity index (χ3v) is 7.48. The molecule has 1 aliphatic rings. The number of thiophene rings is 1. The number of nitrogens with one attached hydrogen (secondary N) is 1. The summed E-state index contributed by atoms with van der Waals surface area (Å²) in [5, 5.41) is 14.6. The van der Waals surface area contributed by atoms with Crippen LogP contribution in [0.3, 0.4) is 0 Å². The van der Waals surface area contributed by atoms with E-state index in [-0.39, 0.29) is 17.8 Å². The minimum Gasteiger partial charge on any atom is -0.376 e. The van der Waals surface area contributed by atoms with Crippen LogP contribution in [0, 0.1) is 0 Å². The molecule has 3 heterocycles. The van der Waals surface area contributed by atoms with Crippen LogP contribution >= 0.6 is 23.1 Å². The van der Waals surface area contributed by atoms with Crippen molar-refractivity contribution in [3.8, 4) is 10.7 Å². The Labute approximate surface area is 203 Å². The second-order valence-electron chi connectivity index (χ2n) is 8.29. The van der Waals surface area contributed by atoms with Gasteiger partial charge in [-0.3, -0.25) is 9.36 Å². The summed E-state index contributed by atoms with van der Waals surface area (Å²) in [5.41, 5.74) is 1.95. The zero-order valence-corrected chi connectivity index (χ0v) is 21.0. The molecule has 0 radical (unpaired) electrons. The lowest BCUT2D eigenvalue weighted by atomic mass is 10.2. The number of hydrogen-bond donors (Lipinski definition) is 1. The Bertz CT molecular complexity index is 1030. The summed E-state index contributed by atoms with van der Waals surface area (Å²) in [5.74, 6) is 1.04. The van der Waals surface area contributed by atoms with Crippen LogP contribution in [0.2, 0.25) is 0 Å². The Morgan fingerprint density at radius 1 is 1.30 bits per heavy atom. The Hall–Kier alpha value is -2.36. The van der Waals surface area contributed by atoms with E-state index >= 15 is 0 Å². The van der Waals surface area contributed by atoms with Crippen molar-refractivity contribution in [3.05, 3.63) is 41.8 Å². The molecule has 7 nitrogen and oxygen atoms in total. The number of nitrogens with zero attached hydrogens (tertiary/aromatic N) is 4. The fourth-order valence-corrected chi connectivity index (χ4v) is 5.51. The summed E-state index contributed by atoms with van der Waals surface area (Å²) in [6.07, 6.45) is 2.28. The lowest BCUT2D eigenvalue weighted by Gasteiger charge is -2.27. The fourth-order valence-electron chi connectivity index (χ4n) is 4.05. The molecular weight excluding hydrogens is 454 g/mol. The molecule has 1 aromatic carbocycles. The molecule has 0 bridgehead atoms. The van der Waals surface area contributed by atoms with E-state index in [0.717, 1.165) is 53.2 Å². The van der Waals surface area contributed by atoms with Gasteiger partial charge in [0.25, 0.3) is 0 Å². The van der Waals surface area contributed by atoms with Crippen LogP contribution in [0.4, 0.5) is 11.4 Å². The molecule has 3 aromatic rings. The van der Waals surface area contributed by atoms with Crippen molar-refractivity contribution >= 4 is 40.4 Å². The molecule has 33 heavy (non-hydrogen) atoms. The molecule has 2 aromatic heterocycles. The van der Waals surface area contributed by atoms with Crippen molar-refractivity contribution in [3.63, 3.8) is 0 Å². The van der Waals surface area contributed by atoms with E-state index < -0.39 is 0 Å². The van der Waals surface area contributed by atoms with Gasteiger partial charge in [-0.05, 0) is 69.3 Å². The molecule has 4 rings (SSSR count). The van der Waals surface area contributed by atoms with Gasteiger partial charge in [-0.2, -0.15) is 0 Å². The third-order valence-electron chi connectivity index (χ3n) is 5.65. The Kier molecular flexibility index (Phi) is 8.06. The molecule has 176 valence electrons. The normalized spacial score (nSPS) is 15.8. The highest BCUT2D eigenvalue weighted by atomic mass is 32.2. The van der Waals surface area contributed by atoms with Gasteiger partial charge in [-0.15, -0.1) is 21.5 Å². The first kappa shape index (κ1) is 23.8. The number of ether oxygens (including phenoxy) is 1. The average Bonchev–Trinajstić information content (AvgIpc) is 3.57. The molecule has 0 saturated carbocycles. The standard InChI is InChI=1S/C24H31N5O2S2/c1-4-28(17(2)3)19-11-9-18(10-12-19)25-22(30)16-33-24-27-26-23(21-8-6-14-32-21)29(24)15-20-7-5-13-31-20/h6,8-12,14,17,20H,4-5,7,13,15-16H2,1-3H3,(H,25,30). The second-order valence-corrected chi connectivity index (χ2v) is 10.2. The van der Waals surface area contributed by atoms with Gasteiger partial charge in [0.05, 0.1) is 23.3 Å². The number of amides is 1. The van der Waals surface area contributed by atoms with Crippen molar-refractivity contribution < 1.29 is 9.53 Å². The number of carbonyl (C=O) groups is 1. The Balaban J connectivity index is 1.39. The van der Waals surface area contributed by atoms with Crippen LogP contribution in [0.1, 0.15) is 33.6 Å². The molecule has 1 saturated heterocycles. The smallest absolute Gasteiger partial charge is 0.234 e. The van der Waals surface area contributed by atoms with E-state index in [1.807, 2.05) is 29.6 Å². The van der Waals surface area contributed by atoms with Gasteiger partial charge in [0.1, 0.15) is 0 Å². The highest BCUT2D eigenvalue weighted by Crippen LogP contribution is 2.29. The maximum absolute atomic E-state index is 12.6. The molecule has 0 aliphatic carbocycles. The minimum atomic E-state index is -0.0618. The van der Waals surface area contributed by atoms with E-state index in [9.17, 15) is 4.79 Å². The van der Waals surface area contributed by atoms with Gasteiger partial charge in [-0.25, -0.2) is 0 Å².